The van der Waals surface area contributed by atoms with E-state index in [9.17, 15) is 4.79 Å². The molecule has 0 aromatic carbocycles. The predicted molar refractivity (Wildman–Crippen MR) is 78.7 cm³/mol. The third-order valence-corrected chi connectivity index (χ3v) is 5.70. The third-order valence-electron chi connectivity index (χ3n) is 5.70. The molecule has 1 heterocycles. The number of carbonyl (C=O) groups excluding carboxylic acids is 1. The van der Waals surface area contributed by atoms with Crippen LogP contribution >= 0.6 is 0 Å². The summed E-state index contributed by atoms with van der Waals surface area (Å²) in [5.41, 5.74) is 5.57. The number of nitrogens with zero attached hydrogens (tertiary/aromatic N) is 1. The van der Waals surface area contributed by atoms with E-state index in [1.807, 2.05) is 0 Å². The van der Waals surface area contributed by atoms with Gasteiger partial charge in [0.2, 0.25) is 5.91 Å². The second-order valence-corrected chi connectivity index (χ2v) is 7.06. The van der Waals surface area contributed by atoms with Crippen LogP contribution in [0, 0.1) is 17.8 Å². The minimum absolute atomic E-state index is 0.0787. The number of primary amides is 1. The maximum atomic E-state index is 12.5. The number of hydrogen-bond donors (Lipinski definition) is 1. The van der Waals surface area contributed by atoms with Gasteiger partial charge in [-0.1, -0.05) is 27.2 Å². The van der Waals surface area contributed by atoms with Crippen LogP contribution in [-0.4, -0.2) is 28.9 Å². The van der Waals surface area contributed by atoms with E-state index in [1.165, 1.54) is 19.3 Å². The minimum Gasteiger partial charge on any atom is -0.368 e. The molecule has 1 aliphatic carbocycles. The number of rotatable bonds is 3. The van der Waals surface area contributed by atoms with E-state index >= 15 is 0 Å². The van der Waals surface area contributed by atoms with Crippen LogP contribution in [0.2, 0.25) is 0 Å². The van der Waals surface area contributed by atoms with Crippen LogP contribution in [0.5, 0.6) is 0 Å². The van der Waals surface area contributed by atoms with E-state index in [0.717, 1.165) is 19.4 Å². The van der Waals surface area contributed by atoms with Crippen molar-refractivity contribution in [3.8, 4) is 0 Å². The quantitative estimate of drug-likeness (QED) is 0.854. The van der Waals surface area contributed by atoms with Crippen LogP contribution in [0.4, 0.5) is 0 Å². The number of carbonyl (C=O) groups is 1. The molecule has 1 saturated heterocycles. The molecular formula is C16H30N2O. The van der Waals surface area contributed by atoms with Gasteiger partial charge in [-0.3, -0.25) is 9.69 Å². The number of hydrogen-bond acceptors (Lipinski definition) is 2. The normalized spacial score (nSPS) is 40.8. The molecule has 0 aromatic heterocycles. The van der Waals surface area contributed by atoms with Crippen molar-refractivity contribution in [2.75, 3.05) is 6.54 Å². The van der Waals surface area contributed by atoms with E-state index in [4.69, 9.17) is 5.73 Å². The van der Waals surface area contributed by atoms with Gasteiger partial charge >= 0.3 is 0 Å². The van der Waals surface area contributed by atoms with Crippen LogP contribution < -0.4 is 5.73 Å². The summed E-state index contributed by atoms with van der Waals surface area (Å²) in [6.07, 6.45) is 5.97. The molecular weight excluding hydrogens is 236 g/mol. The number of likely N-dealkylation sites (tertiary alicyclic amines) is 1. The lowest BCUT2D eigenvalue weighted by Crippen LogP contribution is -2.66. The summed E-state index contributed by atoms with van der Waals surface area (Å²) in [6, 6.07) is 0.489. The molecule has 19 heavy (non-hydrogen) atoms. The highest BCUT2D eigenvalue weighted by Gasteiger charge is 2.58. The van der Waals surface area contributed by atoms with Crippen LogP contribution in [0.3, 0.4) is 0 Å². The highest BCUT2D eigenvalue weighted by atomic mass is 16.1. The molecule has 2 aliphatic rings. The Morgan fingerprint density at radius 2 is 1.89 bits per heavy atom. The van der Waals surface area contributed by atoms with E-state index in [0.29, 0.717) is 23.8 Å². The second kappa shape index (κ2) is 5.43. The molecule has 3 heteroatoms. The van der Waals surface area contributed by atoms with E-state index in [-0.39, 0.29) is 5.91 Å². The second-order valence-electron chi connectivity index (χ2n) is 7.06. The molecule has 110 valence electrons. The largest absolute Gasteiger partial charge is 0.368 e. The molecule has 0 radical (unpaired) electrons. The summed E-state index contributed by atoms with van der Waals surface area (Å²) in [6.45, 7) is 10.0. The number of amides is 1. The van der Waals surface area contributed by atoms with Crippen molar-refractivity contribution in [3.05, 3.63) is 0 Å². The van der Waals surface area contributed by atoms with Gasteiger partial charge in [0, 0.05) is 6.04 Å². The van der Waals surface area contributed by atoms with Crippen molar-refractivity contribution in [1.82, 2.24) is 4.90 Å². The first-order valence-electron chi connectivity index (χ1n) is 7.99. The van der Waals surface area contributed by atoms with Crippen molar-refractivity contribution in [2.24, 2.45) is 23.5 Å². The molecule has 1 unspecified atom stereocenters. The van der Waals surface area contributed by atoms with Gasteiger partial charge < -0.3 is 5.73 Å². The monoisotopic (exact) mass is 266 g/mol. The molecule has 1 aliphatic heterocycles. The summed E-state index contributed by atoms with van der Waals surface area (Å²) >= 11 is 0. The van der Waals surface area contributed by atoms with Gasteiger partial charge in [0.15, 0.2) is 0 Å². The fourth-order valence-corrected chi connectivity index (χ4v) is 4.79. The molecule has 0 bridgehead atoms. The Hall–Kier alpha value is -0.570. The van der Waals surface area contributed by atoms with Crippen molar-refractivity contribution >= 4 is 5.91 Å². The summed E-state index contributed by atoms with van der Waals surface area (Å²) in [4.78, 5) is 14.9. The fourth-order valence-electron chi connectivity index (χ4n) is 4.79. The van der Waals surface area contributed by atoms with Crippen LogP contribution in [0.15, 0.2) is 0 Å². The summed E-state index contributed by atoms with van der Waals surface area (Å²) < 4.78 is 0. The van der Waals surface area contributed by atoms with E-state index < -0.39 is 5.54 Å². The average molecular weight is 266 g/mol. The highest BCUT2D eigenvalue weighted by molar-refractivity contribution is 5.86. The number of piperidine rings is 1. The van der Waals surface area contributed by atoms with Crippen LogP contribution in [0.25, 0.3) is 0 Å². The lowest BCUT2D eigenvalue weighted by Gasteiger charge is -2.51. The highest BCUT2D eigenvalue weighted by Crippen LogP contribution is 2.49. The minimum atomic E-state index is -0.395. The van der Waals surface area contributed by atoms with Gasteiger partial charge in [-0.2, -0.15) is 0 Å². The fraction of sp³-hybridized carbons (Fsp3) is 0.938. The Balaban J connectivity index is 2.42. The molecule has 2 rings (SSSR count). The van der Waals surface area contributed by atoms with Crippen molar-refractivity contribution < 1.29 is 4.79 Å². The first kappa shape index (κ1) is 14.8. The number of nitrogens with two attached hydrogens (primary N) is 1. The zero-order valence-corrected chi connectivity index (χ0v) is 13.0. The average Bonchev–Trinajstić information content (AvgIpc) is 2.68. The smallest absolute Gasteiger partial charge is 0.238 e. The van der Waals surface area contributed by atoms with Gasteiger partial charge in [0.1, 0.15) is 5.54 Å². The Bertz CT molecular complexity index is 342. The van der Waals surface area contributed by atoms with Crippen molar-refractivity contribution in [3.63, 3.8) is 0 Å². The lowest BCUT2D eigenvalue weighted by atomic mass is 9.72. The topological polar surface area (TPSA) is 46.3 Å². The Kier molecular flexibility index (Phi) is 4.24. The maximum absolute atomic E-state index is 12.5. The zero-order chi connectivity index (χ0) is 14.2. The van der Waals surface area contributed by atoms with Gasteiger partial charge in [0.25, 0.3) is 0 Å². The van der Waals surface area contributed by atoms with Gasteiger partial charge in [-0.15, -0.1) is 0 Å². The molecule has 2 fully saturated rings. The van der Waals surface area contributed by atoms with Gasteiger partial charge in [-0.25, -0.2) is 0 Å². The summed E-state index contributed by atoms with van der Waals surface area (Å²) in [5.74, 6) is 1.25. The molecule has 0 spiro atoms. The molecule has 3 nitrogen and oxygen atoms in total. The maximum Gasteiger partial charge on any atom is 0.238 e. The molecule has 4 atom stereocenters. The molecule has 2 N–H and O–H groups in total. The Morgan fingerprint density at radius 3 is 2.42 bits per heavy atom. The van der Waals surface area contributed by atoms with Crippen LogP contribution in [0.1, 0.15) is 59.8 Å². The van der Waals surface area contributed by atoms with Crippen molar-refractivity contribution in [1.29, 1.82) is 0 Å². The first-order chi connectivity index (χ1) is 8.92. The Labute approximate surface area is 117 Å². The predicted octanol–water partition coefficient (Wildman–Crippen LogP) is 2.79. The Morgan fingerprint density at radius 1 is 1.21 bits per heavy atom. The van der Waals surface area contributed by atoms with E-state index in [1.54, 1.807) is 0 Å². The SMILES string of the molecule is CC(C)[C@H]1CC[C@H](C)[C@]1(C(N)=O)N1CCCCC1C. The van der Waals surface area contributed by atoms with E-state index in [2.05, 4.69) is 32.6 Å². The standard InChI is InChI=1S/C16H30N2O/c1-11(2)14-9-8-12(3)16(14,15(17)19)18-10-6-5-7-13(18)4/h11-14H,5-10H2,1-4H3,(H2,17,19)/t12-,13?,14+,16-/m0/s1. The molecule has 1 amide bonds. The first-order valence-corrected chi connectivity index (χ1v) is 7.99. The third kappa shape index (κ3) is 2.20. The lowest BCUT2D eigenvalue weighted by molar-refractivity contribution is -0.141. The van der Waals surface area contributed by atoms with Gasteiger partial charge in [0.05, 0.1) is 0 Å². The molecule has 0 aromatic rings. The van der Waals surface area contributed by atoms with Gasteiger partial charge in [-0.05, 0) is 56.9 Å². The van der Waals surface area contributed by atoms with Crippen molar-refractivity contribution in [2.45, 2.75) is 71.4 Å². The summed E-state index contributed by atoms with van der Waals surface area (Å²) in [7, 11) is 0. The zero-order valence-electron chi connectivity index (χ0n) is 13.0. The summed E-state index contributed by atoms with van der Waals surface area (Å²) in [5, 5.41) is 0. The van der Waals surface area contributed by atoms with Crippen LogP contribution in [-0.2, 0) is 4.79 Å². The molecule has 1 saturated carbocycles.